The summed E-state index contributed by atoms with van der Waals surface area (Å²) in [6.45, 7) is 0. The van der Waals surface area contributed by atoms with Crippen LogP contribution in [0.4, 0.5) is 5.69 Å². The fraction of sp³-hybridized carbons (Fsp3) is 0.208. The van der Waals surface area contributed by atoms with Crippen molar-refractivity contribution >= 4 is 11.6 Å². The summed E-state index contributed by atoms with van der Waals surface area (Å²) in [4.78, 5) is 14.8. The number of carbonyl (C=O) groups excluding carboxylic acids is 1. The predicted molar refractivity (Wildman–Crippen MR) is 108 cm³/mol. The van der Waals surface area contributed by atoms with Crippen LogP contribution in [0.5, 0.6) is 5.75 Å². The van der Waals surface area contributed by atoms with Crippen LogP contribution in [0.25, 0.3) is 0 Å². The van der Waals surface area contributed by atoms with Gasteiger partial charge in [0, 0.05) is 5.69 Å². The molecule has 0 aliphatic carbocycles. The van der Waals surface area contributed by atoms with Gasteiger partial charge in [0.15, 0.2) is 0 Å². The second kappa shape index (κ2) is 7.67. The number of amides is 1. The number of β-lactam (4-membered cyclic amide) rings is 1. The van der Waals surface area contributed by atoms with Gasteiger partial charge in [-0.3, -0.25) is 4.79 Å². The van der Waals surface area contributed by atoms with Crippen LogP contribution in [-0.4, -0.2) is 11.0 Å². The van der Waals surface area contributed by atoms with E-state index in [1.54, 1.807) is 12.1 Å². The second-order valence-electron chi connectivity index (χ2n) is 7.07. The minimum atomic E-state index is -0.0456. The molecule has 136 valence electrons. The van der Waals surface area contributed by atoms with E-state index in [4.69, 9.17) is 0 Å². The zero-order valence-electron chi connectivity index (χ0n) is 15.2. The number of carbonyl (C=O) groups is 1. The molecule has 0 bridgehead atoms. The lowest BCUT2D eigenvalue weighted by atomic mass is 9.78. The van der Waals surface area contributed by atoms with Gasteiger partial charge in [-0.05, 0) is 54.7 Å². The van der Waals surface area contributed by atoms with Crippen molar-refractivity contribution < 1.29 is 9.90 Å². The largest absolute Gasteiger partial charge is 0.508 e. The van der Waals surface area contributed by atoms with E-state index in [0.29, 0.717) is 0 Å². The van der Waals surface area contributed by atoms with Gasteiger partial charge in [-0.15, -0.1) is 0 Å². The summed E-state index contributed by atoms with van der Waals surface area (Å²) < 4.78 is 0. The van der Waals surface area contributed by atoms with Crippen LogP contribution in [-0.2, 0) is 11.2 Å². The number of benzene rings is 3. The Labute approximate surface area is 159 Å². The smallest absolute Gasteiger partial charge is 0.233 e. The lowest BCUT2D eigenvalue weighted by Crippen LogP contribution is -2.55. The topological polar surface area (TPSA) is 40.5 Å². The van der Waals surface area contributed by atoms with Crippen molar-refractivity contribution in [2.75, 3.05) is 4.90 Å². The van der Waals surface area contributed by atoms with Crippen molar-refractivity contribution in [2.24, 2.45) is 5.92 Å². The molecule has 3 aromatic rings. The number of aryl methyl sites for hydroxylation is 1. The number of nitrogens with zero attached hydrogens (tertiary/aromatic N) is 1. The molecule has 0 unspecified atom stereocenters. The molecular weight excluding hydrogens is 334 g/mol. The molecule has 1 aliphatic rings. The van der Waals surface area contributed by atoms with Gasteiger partial charge in [0.25, 0.3) is 0 Å². The number of phenolic OH excluding ortho intramolecular Hbond substituents is 1. The van der Waals surface area contributed by atoms with Crippen molar-refractivity contribution in [1.82, 2.24) is 0 Å². The van der Waals surface area contributed by atoms with Crippen LogP contribution in [0.15, 0.2) is 84.9 Å². The van der Waals surface area contributed by atoms with Gasteiger partial charge in [-0.2, -0.15) is 0 Å². The predicted octanol–water partition coefficient (Wildman–Crippen LogP) is 5.12. The number of rotatable bonds is 6. The summed E-state index contributed by atoms with van der Waals surface area (Å²) in [6, 6.07) is 27.4. The monoisotopic (exact) mass is 357 g/mol. The molecule has 1 saturated heterocycles. The quantitative estimate of drug-likeness (QED) is 0.622. The van der Waals surface area contributed by atoms with Gasteiger partial charge in [0.2, 0.25) is 5.91 Å². The van der Waals surface area contributed by atoms with E-state index in [0.717, 1.165) is 30.5 Å². The molecule has 1 N–H and O–H groups in total. The van der Waals surface area contributed by atoms with Crippen molar-refractivity contribution in [2.45, 2.75) is 25.3 Å². The van der Waals surface area contributed by atoms with Crippen LogP contribution in [0, 0.1) is 5.92 Å². The Morgan fingerprint density at radius 1 is 0.852 bits per heavy atom. The molecule has 0 saturated carbocycles. The minimum Gasteiger partial charge on any atom is -0.508 e. The summed E-state index contributed by atoms with van der Waals surface area (Å²) in [5.41, 5.74) is 3.21. The van der Waals surface area contributed by atoms with E-state index in [-0.39, 0.29) is 23.6 Å². The molecule has 27 heavy (non-hydrogen) atoms. The third-order valence-electron chi connectivity index (χ3n) is 5.28. The van der Waals surface area contributed by atoms with E-state index in [9.17, 15) is 9.90 Å². The van der Waals surface area contributed by atoms with Crippen LogP contribution >= 0.6 is 0 Å². The number of hydrogen-bond donors (Lipinski definition) is 1. The third kappa shape index (κ3) is 3.59. The molecule has 1 aliphatic heterocycles. The summed E-state index contributed by atoms with van der Waals surface area (Å²) in [7, 11) is 0. The van der Waals surface area contributed by atoms with Gasteiger partial charge in [0.1, 0.15) is 5.75 Å². The SMILES string of the molecule is O=C1[C@@H](CCCc2ccccc2)[C@H](c2cccc(O)c2)N1c1ccccc1. The molecule has 2 atom stereocenters. The Morgan fingerprint density at radius 3 is 2.26 bits per heavy atom. The highest BCUT2D eigenvalue weighted by molar-refractivity contribution is 6.03. The lowest BCUT2D eigenvalue weighted by molar-refractivity contribution is -0.130. The Hall–Kier alpha value is -3.07. The highest BCUT2D eigenvalue weighted by Crippen LogP contribution is 2.46. The first-order chi connectivity index (χ1) is 13.2. The number of phenols is 1. The molecule has 1 amide bonds. The minimum absolute atomic E-state index is 0.0252. The van der Waals surface area contributed by atoms with E-state index >= 15 is 0 Å². The van der Waals surface area contributed by atoms with E-state index in [2.05, 4.69) is 24.3 Å². The molecule has 3 nitrogen and oxygen atoms in total. The molecule has 1 heterocycles. The molecular formula is C24H23NO2. The average Bonchev–Trinajstić information content (AvgIpc) is 2.70. The maximum atomic E-state index is 12.9. The van der Waals surface area contributed by atoms with Gasteiger partial charge < -0.3 is 10.0 Å². The number of para-hydroxylation sites is 1. The molecule has 0 spiro atoms. The molecule has 0 radical (unpaired) electrons. The van der Waals surface area contributed by atoms with Crippen molar-refractivity contribution in [3.63, 3.8) is 0 Å². The van der Waals surface area contributed by atoms with E-state index in [1.165, 1.54) is 5.56 Å². The first-order valence-corrected chi connectivity index (χ1v) is 9.45. The van der Waals surface area contributed by atoms with Gasteiger partial charge >= 0.3 is 0 Å². The van der Waals surface area contributed by atoms with Crippen LogP contribution in [0.1, 0.15) is 30.0 Å². The zero-order chi connectivity index (χ0) is 18.6. The second-order valence-corrected chi connectivity index (χ2v) is 7.07. The van der Waals surface area contributed by atoms with Crippen LogP contribution < -0.4 is 4.90 Å². The van der Waals surface area contributed by atoms with Crippen molar-refractivity contribution in [1.29, 1.82) is 0 Å². The summed E-state index contributed by atoms with van der Waals surface area (Å²) >= 11 is 0. The molecule has 0 aromatic heterocycles. The van der Waals surface area contributed by atoms with Gasteiger partial charge in [0.05, 0.1) is 12.0 Å². The van der Waals surface area contributed by atoms with Crippen molar-refractivity contribution in [3.8, 4) is 5.75 Å². The highest BCUT2D eigenvalue weighted by atomic mass is 16.3. The highest BCUT2D eigenvalue weighted by Gasteiger charge is 2.48. The summed E-state index contributed by atoms with van der Waals surface area (Å²) in [5.74, 6) is 0.362. The van der Waals surface area contributed by atoms with Crippen LogP contribution in [0.2, 0.25) is 0 Å². The van der Waals surface area contributed by atoms with Crippen LogP contribution in [0.3, 0.4) is 0 Å². The average molecular weight is 357 g/mol. The molecule has 3 heteroatoms. The third-order valence-corrected chi connectivity index (χ3v) is 5.28. The van der Waals surface area contributed by atoms with E-state index < -0.39 is 0 Å². The fourth-order valence-electron chi connectivity index (χ4n) is 3.97. The van der Waals surface area contributed by atoms with Gasteiger partial charge in [-0.25, -0.2) is 0 Å². The van der Waals surface area contributed by atoms with Gasteiger partial charge in [-0.1, -0.05) is 60.7 Å². The number of aromatic hydroxyl groups is 1. The zero-order valence-corrected chi connectivity index (χ0v) is 15.2. The maximum absolute atomic E-state index is 12.9. The first-order valence-electron chi connectivity index (χ1n) is 9.45. The Morgan fingerprint density at radius 2 is 1.56 bits per heavy atom. The Bertz CT molecular complexity index is 908. The maximum Gasteiger partial charge on any atom is 0.233 e. The van der Waals surface area contributed by atoms with Crippen molar-refractivity contribution in [3.05, 3.63) is 96.1 Å². The number of hydrogen-bond acceptors (Lipinski definition) is 2. The standard InChI is InChI=1S/C24H23NO2/c26-21-15-8-12-19(17-21)23-22(16-7-11-18-9-3-1-4-10-18)24(27)25(23)20-13-5-2-6-14-20/h1-6,8-10,12-15,17,22-23,26H,7,11,16H2/t22-,23-/m0/s1. The first kappa shape index (κ1) is 17.3. The molecule has 4 rings (SSSR count). The summed E-state index contributed by atoms with van der Waals surface area (Å²) in [6.07, 6.45) is 2.79. The van der Waals surface area contributed by atoms with E-state index in [1.807, 2.05) is 53.4 Å². The lowest BCUT2D eigenvalue weighted by Gasteiger charge is -2.47. The Kier molecular flexibility index (Phi) is 4.93. The summed E-state index contributed by atoms with van der Waals surface area (Å²) in [5, 5.41) is 9.91. The number of anilines is 1. The fourth-order valence-corrected chi connectivity index (χ4v) is 3.97. The Balaban J connectivity index is 1.54. The normalized spacial score (nSPS) is 19.0. The molecule has 3 aromatic carbocycles. The molecule has 1 fully saturated rings.